The third-order valence-corrected chi connectivity index (χ3v) is 6.19. The predicted molar refractivity (Wildman–Crippen MR) is 117 cm³/mol. The lowest BCUT2D eigenvalue weighted by molar-refractivity contribution is -0.131. The lowest BCUT2D eigenvalue weighted by Crippen LogP contribution is -2.43. The SMILES string of the molecule is CCC1(Cc2ccc(OCCCN=c3ccccn3O)cc2)CCN(C(C)=O)CC1. The molecular formula is C24H33N3O3. The van der Waals surface area contributed by atoms with Crippen molar-refractivity contribution in [2.24, 2.45) is 10.4 Å². The molecule has 0 unspecified atom stereocenters. The van der Waals surface area contributed by atoms with E-state index in [0.29, 0.717) is 18.6 Å². The highest BCUT2D eigenvalue weighted by Crippen LogP contribution is 2.38. The fourth-order valence-electron chi connectivity index (χ4n) is 4.09. The Kier molecular flexibility index (Phi) is 7.55. The van der Waals surface area contributed by atoms with Gasteiger partial charge in [0.2, 0.25) is 5.91 Å². The Bertz CT molecular complexity index is 881. The number of rotatable bonds is 8. The summed E-state index contributed by atoms with van der Waals surface area (Å²) in [5, 5.41) is 9.64. The smallest absolute Gasteiger partial charge is 0.219 e. The average Bonchev–Trinajstić information content (AvgIpc) is 2.76. The van der Waals surface area contributed by atoms with E-state index in [-0.39, 0.29) is 11.3 Å². The second-order valence-electron chi connectivity index (χ2n) is 8.17. The molecule has 0 spiro atoms. The molecule has 6 nitrogen and oxygen atoms in total. The van der Waals surface area contributed by atoms with E-state index in [1.807, 2.05) is 23.1 Å². The van der Waals surface area contributed by atoms with E-state index in [4.69, 9.17) is 4.74 Å². The van der Waals surface area contributed by atoms with Crippen molar-refractivity contribution >= 4 is 5.91 Å². The molecule has 1 amide bonds. The number of likely N-dealkylation sites (tertiary alicyclic amines) is 1. The average molecular weight is 412 g/mol. The van der Waals surface area contributed by atoms with E-state index >= 15 is 0 Å². The summed E-state index contributed by atoms with van der Waals surface area (Å²) >= 11 is 0. The molecule has 30 heavy (non-hydrogen) atoms. The predicted octanol–water partition coefficient (Wildman–Crippen LogP) is 3.68. The van der Waals surface area contributed by atoms with Crippen molar-refractivity contribution in [2.75, 3.05) is 26.2 Å². The van der Waals surface area contributed by atoms with E-state index in [1.165, 1.54) is 5.56 Å². The maximum absolute atomic E-state index is 11.6. The molecule has 2 heterocycles. The molecule has 1 saturated heterocycles. The summed E-state index contributed by atoms with van der Waals surface area (Å²) in [5.74, 6) is 1.06. The van der Waals surface area contributed by atoms with E-state index in [1.54, 1.807) is 25.3 Å². The van der Waals surface area contributed by atoms with E-state index < -0.39 is 0 Å². The molecule has 1 aromatic heterocycles. The molecule has 1 aliphatic heterocycles. The van der Waals surface area contributed by atoms with Gasteiger partial charge in [0, 0.05) is 39.2 Å². The largest absolute Gasteiger partial charge is 0.494 e. The van der Waals surface area contributed by atoms with Gasteiger partial charge in [0.05, 0.1) is 6.61 Å². The Labute approximate surface area is 178 Å². The summed E-state index contributed by atoms with van der Waals surface area (Å²) in [5.41, 5.74) is 2.16. The van der Waals surface area contributed by atoms with Crippen LogP contribution in [0.2, 0.25) is 0 Å². The Morgan fingerprint density at radius 1 is 1.17 bits per heavy atom. The third-order valence-electron chi connectivity index (χ3n) is 6.19. The summed E-state index contributed by atoms with van der Waals surface area (Å²) in [4.78, 5) is 17.9. The van der Waals surface area contributed by atoms with E-state index in [9.17, 15) is 10.0 Å². The number of amides is 1. The fraction of sp³-hybridized carbons (Fsp3) is 0.500. The zero-order valence-corrected chi connectivity index (χ0v) is 18.1. The fourth-order valence-corrected chi connectivity index (χ4v) is 4.09. The first-order chi connectivity index (χ1) is 14.5. The Morgan fingerprint density at radius 3 is 2.53 bits per heavy atom. The van der Waals surface area contributed by atoms with Crippen LogP contribution < -0.4 is 10.2 Å². The van der Waals surface area contributed by atoms with Gasteiger partial charge in [-0.2, -0.15) is 4.73 Å². The first kappa shape index (κ1) is 21.9. The normalized spacial score (nSPS) is 16.5. The molecule has 0 bridgehead atoms. The number of pyridine rings is 1. The van der Waals surface area contributed by atoms with Crippen LogP contribution in [0.1, 0.15) is 45.1 Å². The number of hydrogen-bond donors (Lipinski definition) is 1. The molecule has 2 aromatic rings. The van der Waals surface area contributed by atoms with Crippen molar-refractivity contribution in [1.29, 1.82) is 0 Å². The zero-order chi connectivity index (χ0) is 21.4. The van der Waals surface area contributed by atoms with Gasteiger partial charge in [0.1, 0.15) is 5.75 Å². The molecule has 0 radical (unpaired) electrons. The van der Waals surface area contributed by atoms with Gasteiger partial charge in [-0.25, -0.2) is 0 Å². The molecule has 1 aliphatic rings. The van der Waals surface area contributed by atoms with Crippen LogP contribution in [0.3, 0.4) is 0 Å². The number of carbonyl (C=O) groups excluding carboxylic acids is 1. The van der Waals surface area contributed by atoms with Gasteiger partial charge in [-0.1, -0.05) is 31.5 Å². The minimum absolute atomic E-state index is 0.188. The topological polar surface area (TPSA) is 67.1 Å². The highest BCUT2D eigenvalue weighted by molar-refractivity contribution is 5.73. The van der Waals surface area contributed by atoms with Gasteiger partial charge in [-0.15, -0.1) is 0 Å². The highest BCUT2D eigenvalue weighted by Gasteiger charge is 2.33. The molecule has 3 rings (SSSR count). The molecule has 1 fully saturated rings. The molecule has 0 atom stereocenters. The third kappa shape index (κ3) is 5.88. The number of carbonyl (C=O) groups is 1. The van der Waals surface area contributed by atoms with E-state index in [0.717, 1.165) is 55.7 Å². The maximum atomic E-state index is 11.6. The molecule has 1 N–H and O–H groups in total. The number of nitrogens with zero attached hydrogens (tertiary/aromatic N) is 3. The summed E-state index contributed by atoms with van der Waals surface area (Å²) in [6.07, 6.45) is 6.66. The summed E-state index contributed by atoms with van der Waals surface area (Å²) in [6.45, 7) is 6.85. The van der Waals surface area contributed by atoms with Crippen LogP contribution in [-0.2, 0) is 11.2 Å². The van der Waals surface area contributed by atoms with E-state index in [2.05, 4.69) is 24.0 Å². The van der Waals surface area contributed by atoms with Crippen LogP contribution in [0.25, 0.3) is 0 Å². The number of ether oxygens (including phenoxy) is 1. The minimum atomic E-state index is 0.188. The lowest BCUT2D eigenvalue weighted by Gasteiger charge is -2.41. The van der Waals surface area contributed by atoms with Gasteiger partial charge >= 0.3 is 0 Å². The molecule has 1 aromatic carbocycles. The molecule has 6 heteroatoms. The quantitative estimate of drug-likeness (QED) is 0.532. The van der Waals surface area contributed by atoms with Crippen LogP contribution in [0, 0.1) is 5.41 Å². The maximum Gasteiger partial charge on any atom is 0.219 e. The van der Waals surface area contributed by atoms with Crippen molar-refractivity contribution in [2.45, 2.75) is 46.0 Å². The Morgan fingerprint density at radius 2 is 1.90 bits per heavy atom. The number of piperidine rings is 1. The summed E-state index contributed by atoms with van der Waals surface area (Å²) in [6, 6.07) is 13.8. The standard InChI is InChI=1S/C24H33N3O3/c1-3-24(12-16-26(17-13-24)20(2)28)19-21-8-10-22(11-9-21)30-18-6-14-25-23-7-4-5-15-27(23)29/h4-5,7-11,15,29H,3,6,12-14,16-19H2,1-2H3. The number of hydrogen-bond acceptors (Lipinski definition) is 4. The van der Waals surface area contributed by atoms with Crippen LogP contribution in [0.5, 0.6) is 5.75 Å². The second kappa shape index (κ2) is 10.3. The first-order valence-electron chi connectivity index (χ1n) is 10.9. The lowest BCUT2D eigenvalue weighted by atomic mass is 9.72. The zero-order valence-electron chi connectivity index (χ0n) is 18.1. The van der Waals surface area contributed by atoms with Crippen LogP contribution >= 0.6 is 0 Å². The van der Waals surface area contributed by atoms with Crippen molar-refractivity contribution < 1.29 is 14.7 Å². The second-order valence-corrected chi connectivity index (χ2v) is 8.17. The van der Waals surface area contributed by atoms with Crippen molar-refractivity contribution in [3.63, 3.8) is 0 Å². The van der Waals surface area contributed by atoms with Crippen LogP contribution in [0.4, 0.5) is 0 Å². The molecule has 0 saturated carbocycles. The van der Waals surface area contributed by atoms with Gasteiger partial charge in [-0.05, 0) is 54.5 Å². The molecule has 0 aliphatic carbocycles. The molecular weight excluding hydrogens is 378 g/mol. The monoisotopic (exact) mass is 411 g/mol. The van der Waals surface area contributed by atoms with Crippen LogP contribution in [0.15, 0.2) is 53.7 Å². The van der Waals surface area contributed by atoms with Crippen molar-refractivity contribution in [3.8, 4) is 5.75 Å². The highest BCUT2D eigenvalue weighted by atomic mass is 16.5. The Balaban J connectivity index is 1.46. The van der Waals surface area contributed by atoms with Gasteiger partial charge in [0.25, 0.3) is 0 Å². The minimum Gasteiger partial charge on any atom is -0.494 e. The van der Waals surface area contributed by atoms with Gasteiger partial charge in [-0.3, -0.25) is 9.79 Å². The van der Waals surface area contributed by atoms with Crippen LogP contribution in [-0.4, -0.2) is 47.0 Å². The summed E-state index contributed by atoms with van der Waals surface area (Å²) < 4.78 is 6.86. The summed E-state index contributed by atoms with van der Waals surface area (Å²) in [7, 11) is 0. The number of aromatic nitrogens is 1. The Hall–Kier alpha value is -2.76. The van der Waals surface area contributed by atoms with Crippen molar-refractivity contribution in [1.82, 2.24) is 9.63 Å². The number of benzene rings is 1. The van der Waals surface area contributed by atoms with Gasteiger partial charge < -0.3 is 14.8 Å². The van der Waals surface area contributed by atoms with Crippen molar-refractivity contribution in [3.05, 3.63) is 59.7 Å². The first-order valence-corrected chi connectivity index (χ1v) is 10.9. The van der Waals surface area contributed by atoms with Gasteiger partial charge in [0.15, 0.2) is 5.49 Å². The molecule has 162 valence electrons.